The van der Waals surface area contributed by atoms with Gasteiger partial charge in [-0.25, -0.2) is 0 Å². The summed E-state index contributed by atoms with van der Waals surface area (Å²) in [5.74, 6) is 0.254. The third-order valence-electron chi connectivity index (χ3n) is 3.69. The van der Waals surface area contributed by atoms with Crippen molar-refractivity contribution in [2.75, 3.05) is 13.6 Å². The van der Waals surface area contributed by atoms with E-state index in [1.165, 1.54) is 0 Å². The molecule has 1 amide bonds. The minimum absolute atomic E-state index is 0.0733. The van der Waals surface area contributed by atoms with Gasteiger partial charge in [0.15, 0.2) is 0 Å². The number of nitriles is 1. The maximum Gasteiger partial charge on any atom is 0.227 e. The van der Waals surface area contributed by atoms with Gasteiger partial charge in [-0.15, -0.1) is 0 Å². The zero-order chi connectivity index (χ0) is 13.8. The Labute approximate surface area is 114 Å². The smallest absolute Gasteiger partial charge is 0.227 e. The lowest BCUT2D eigenvalue weighted by molar-refractivity contribution is -0.134. The average Bonchev–Trinajstić information content (AvgIpc) is 2.84. The normalized spacial score (nSPS) is 21.9. The lowest BCUT2D eigenvalue weighted by atomic mass is 10.0. The van der Waals surface area contributed by atoms with Gasteiger partial charge < -0.3 is 10.2 Å². The number of amides is 1. The lowest BCUT2D eigenvalue weighted by Crippen LogP contribution is -2.37. The highest BCUT2D eigenvalue weighted by Crippen LogP contribution is 2.18. The van der Waals surface area contributed by atoms with Gasteiger partial charge in [0.2, 0.25) is 5.91 Å². The van der Waals surface area contributed by atoms with Crippen molar-refractivity contribution in [3.8, 4) is 6.07 Å². The minimum atomic E-state index is 0.0733. The number of nitrogens with zero attached hydrogens (tertiary/aromatic N) is 2. The molecule has 0 radical (unpaired) electrons. The summed E-state index contributed by atoms with van der Waals surface area (Å²) in [5, 5.41) is 12.2. The molecule has 1 aliphatic heterocycles. The van der Waals surface area contributed by atoms with Crippen LogP contribution in [0.25, 0.3) is 0 Å². The summed E-state index contributed by atoms with van der Waals surface area (Å²) in [7, 11) is 1.83. The van der Waals surface area contributed by atoms with Crippen molar-refractivity contribution in [3.05, 3.63) is 35.4 Å². The summed E-state index contributed by atoms with van der Waals surface area (Å²) in [5.41, 5.74) is 1.63. The van der Waals surface area contributed by atoms with Gasteiger partial charge in [0.25, 0.3) is 0 Å². The third kappa shape index (κ3) is 3.12. The standard InChI is InChI=1S/C15H19N3O/c1-11-14(6-7-17-11)15(19)18(2)10-13-5-3-4-12(8-13)9-16/h3-5,8,11,14,17H,6-7,10H2,1-2H3. The molecular weight excluding hydrogens is 238 g/mol. The predicted molar refractivity (Wildman–Crippen MR) is 73.2 cm³/mol. The van der Waals surface area contributed by atoms with Gasteiger partial charge in [0, 0.05) is 19.6 Å². The maximum atomic E-state index is 12.3. The van der Waals surface area contributed by atoms with Crippen molar-refractivity contribution >= 4 is 5.91 Å². The highest BCUT2D eigenvalue weighted by Gasteiger charge is 2.31. The van der Waals surface area contributed by atoms with Gasteiger partial charge in [-0.3, -0.25) is 4.79 Å². The van der Waals surface area contributed by atoms with Crippen LogP contribution in [0.5, 0.6) is 0 Å². The average molecular weight is 257 g/mol. The van der Waals surface area contributed by atoms with Crippen LogP contribution in [-0.4, -0.2) is 30.4 Å². The molecule has 2 atom stereocenters. The first-order chi connectivity index (χ1) is 9.11. The molecule has 0 aromatic heterocycles. The molecule has 1 aliphatic rings. The van der Waals surface area contributed by atoms with E-state index in [2.05, 4.69) is 18.3 Å². The largest absolute Gasteiger partial charge is 0.341 e. The van der Waals surface area contributed by atoms with Crippen LogP contribution >= 0.6 is 0 Å². The van der Waals surface area contributed by atoms with Crippen molar-refractivity contribution in [2.24, 2.45) is 5.92 Å². The molecule has 1 aromatic rings. The number of hydrogen-bond donors (Lipinski definition) is 1. The lowest BCUT2D eigenvalue weighted by Gasteiger charge is -2.23. The molecule has 0 bridgehead atoms. The quantitative estimate of drug-likeness (QED) is 0.893. The first-order valence-electron chi connectivity index (χ1n) is 6.59. The van der Waals surface area contributed by atoms with Gasteiger partial charge >= 0.3 is 0 Å². The molecule has 4 heteroatoms. The Morgan fingerprint density at radius 2 is 2.37 bits per heavy atom. The summed E-state index contributed by atoms with van der Waals surface area (Å²) < 4.78 is 0. The molecular formula is C15H19N3O. The zero-order valence-corrected chi connectivity index (χ0v) is 11.4. The van der Waals surface area contributed by atoms with E-state index in [0.29, 0.717) is 12.1 Å². The van der Waals surface area contributed by atoms with Gasteiger partial charge in [-0.05, 0) is 37.6 Å². The SMILES string of the molecule is CC1NCCC1C(=O)N(C)Cc1cccc(C#N)c1. The van der Waals surface area contributed by atoms with Crippen molar-refractivity contribution in [1.82, 2.24) is 10.2 Å². The van der Waals surface area contributed by atoms with Crippen molar-refractivity contribution in [3.63, 3.8) is 0 Å². The molecule has 2 rings (SSSR count). The van der Waals surface area contributed by atoms with E-state index in [0.717, 1.165) is 18.5 Å². The molecule has 2 unspecified atom stereocenters. The fraction of sp³-hybridized carbons (Fsp3) is 0.467. The highest BCUT2D eigenvalue weighted by molar-refractivity contribution is 5.79. The number of rotatable bonds is 3. The Balaban J connectivity index is 2.02. The molecule has 0 spiro atoms. The Bertz CT molecular complexity index is 506. The molecule has 4 nitrogen and oxygen atoms in total. The van der Waals surface area contributed by atoms with Gasteiger partial charge in [-0.2, -0.15) is 5.26 Å². The maximum absolute atomic E-state index is 12.3. The number of nitrogens with one attached hydrogen (secondary N) is 1. The fourth-order valence-electron chi connectivity index (χ4n) is 2.57. The summed E-state index contributed by atoms with van der Waals surface area (Å²) in [6.45, 7) is 3.52. The van der Waals surface area contributed by atoms with Crippen molar-refractivity contribution in [1.29, 1.82) is 5.26 Å². The van der Waals surface area contributed by atoms with E-state index >= 15 is 0 Å². The summed E-state index contributed by atoms with van der Waals surface area (Å²) in [6, 6.07) is 9.77. The van der Waals surface area contributed by atoms with E-state index in [1.54, 1.807) is 11.0 Å². The van der Waals surface area contributed by atoms with Gasteiger partial charge in [0.05, 0.1) is 17.6 Å². The summed E-state index contributed by atoms with van der Waals surface area (Å²) >= 11 is 0. The van der Waals surface area contributed by atoms with E-state index in [1.807, 2.05) is 25.2 Å². The molecule has 1 N–H and O–H groups in total. The second kappa shape index (κ2) is 5.85. The van der Waals surface area contributed by atoms with Crippen LogP contribution < -0.4 is 5.32 Å². The molecule has 19 heavy (non-hydrogen) atoms. The van der Waals surface area contributed by atoms with E-state index < -0.39 is 0 Å². The fourth-order valence-corrected chi connectivity index (χ4v) is 2.57. The Hall–Kier alpha value is -1.86. The predicted octanol–water partition coefficient (Wildman–Crippen LogP) is 1.51. The molecule has 1 heterocycles. The number of carbonyl (C=O) groups excluding carboxylic acids is 1. The monoisotopic (exact) mass is 257 g/mol. The highest BCUT2D eigenvalue weighted by atomic mass is 16.2. The second-order valence-electron chi connectivity index (χ2n) is 5.14. The Morgan fingerprint density at radius 3 is 3.00 bits per heavy atom. The van der Waals surface area contributed by atoms with Crippen LogP contribution in [0.4, 0.5) is 0 Å². The second-order valence-corrected chi connectivity index (χ2v) is 5.14. The van der Waals surface area contributed by atoms with Crippen LogP contribution in [0, 0.1) is 17.2 Å². The van der Waals surface area contributed by atoms with Gasteiger partial charge in [-0.1, -0.05) is 12.1 Å². The summed E-state index contributed by atoms with van der Waals surface area (Å²) in [4.78, 5) is 14.1. The Kier molecular flexibility index (Phi) is 4.18. The minimum Gasteiger partial charge on any atom is -0.341 e. The van der Waals surface area contributed by atoms with E-state index in [-0.39, 0.29) is 17.9 Å². The summed E-state index contributed by atoms with van der Waals surface area (Å²) in [6.07, 6.45) is 0.905. The van der Waals surface area contributed by atoms with Gasteiger partial charge in [0.1, 0.15) is 0 Å². The zero-order valence-electron chi connectivity index (χ0n) is 11.4. The van der Waals surface area contributed by atoms with E-state index in [9.17, 15) is 4.79 Å². The van der Waals surface area contributed by atoms with Crippen LogP contribution in [0.2, 0.25) is 0 Å². The number of benzene rings is 1. The number of carbonyl (C=O) groups is 1. The van der Waals surface area contributed by atoms with Crippen molar-refractivity contribution in [2.45, 2.75) is 25.9 Å². The van der Waals surface area contributed by atoms with Crippen LogP contribution in [0.1, 0.15) is 24.5 Å². The van der Waals surface area contributed by atoms with Crippen molar-refractivity contribution < 1.29 is 4.79 Å². The van der Waals surface area contributed by atoms with E-state index in [4.69, 9.17) is 5.26 Å². The van der Waals surface area contributed by atoms with Crippen LogP contribution in [0.3, 0.4) is 0 Å². The molecule has 1 aromatic carbocycles. The molecule has 1 fully saturated rings. The molecule has 1 saturated heterocycles. The molecule has 0 aliphatic carbocycles. The third-order valence-corrected chi connectivity index (χ3v) is 3.69. The number of hydrogen-bond acceptors (Lipinski definition) is 3. The molecule has 0 saturated carbocycles. The van der Waals surface area contributed by atoms with Crippen LogP contribution in [0.15, 0.2) is 24.3 Å². The first kappa shape index (κ1) is 13.6. The van der Waals surface area contributed by atoms with Crippen LogP contribution in [-0.2, 0) is 11.3 Å². The Morgan fingerprint density at radius 1 is 1.58 bits per heavy atom. The topological polar surface area (TPSA) is 56.1 Å². The molecule has 100 valence electrons. The first-order valence-corrected chi connectivity index (χ1v) is 6.59.